The second-order valence-electron chi connectivity index (χ2n) is 3.83. The smallest absolute Gasteiger partial charge is 0.125 e. The third-order valence-corrected chi connectivity index (χ3v) is 3.61. The molecule has 0 aliphatic carbocycles. The Labute approximate surface area is 92.5 Å². The fourth-order valence-electron chi connectivity index (χ4n) is 2.00. The number of hydrogen-bond acceptors (Lipinski definition) is 4. The van der Waals surface area contributed by atoms with Crippen molar-refractivity contribution in [1.29, 1.82) is 0 Å². The molecule has 0 radical (unpaired) electrons. The Kier molecular flexibility index (Phi) is 2.31. The van der Waals surface area contributed by atoms with Crippen LogP contribution < -0.4 is 10.6 Å². The minimum Gasteiger partial charge on any atom is -0.380 e. The molecule has 1 fully saturated rings. The summed E-state index contributed by atoms with van der Waals surface area (Å²) in [5, 5.41) is 10.3. The summed E-state index contributed by atoms with van der Waals surface area (Å²) in [4.78, 5) is 5.46. The van der Waals surface area contributed by atoms with Crippen LogP contribution in [0.3, 0.4) is 0 Å². The van der Waals surface area contributed by atoms with Crippen LogP contribution in [0.5, 0.6) is 0 Å². The Morgan fingerprint density at radius 3 is 3.33 bits per heavy atom. The first-order valence-electron chi connectivity index (χ1n) is 5.23. The molecule has 2 N–H and O–H groups in total. The zero-order valence-corrected chi connectivity index (χ0v) is 9.18. The number of aromatic nitrogens is 1. The van der Waals surface area contributed by atoms with Gasteiger partial charge in [0.1, 0.15) is 4.83 Å². The van der Waals surface area contributed by atoms with Crippen molar-refractivity contribution in [3.63, 3.8) is 0 Å². The van der Waals surface area contributed by atoms with E-state index in [0.29, 0.717) is 6.04 Å². The van der Waals surface area contributed by atoms with Gasteiger partial charge in [-0.1, -0.05) is 0 Å². The Morgan fingerprint density at radius 1 is 1.47 bits per heavy atom. The second-order valence-corrected chi connectivity index (χ2v) is 4.73. The van der Waals surface area contributed by atoms with Crippen LogP contribution in [-0.2, 0) is 0 Å². The molecule has 4 heteroatoms. The number of anilines is 1. The minimum atomic E-state index is 0.565. The molecule has 1 aliphatic heterocycles. The molecule has 0 spiro atoms. The van der Waals surface area contributed by atoms with E-state index in [2.05, 4.69) is 33.1 Å². The number of thiophene rings is 1. The van der Waals surface area contributed by atoms with Crippen LogP contribution in [0.4, 0.5) is 5.69 Å². The van der Waals surface area contributed by atoms with Gasteiger partial charge in [-0.25, -0.2) is 4.98 Å². The summed E-state index contributed by atoms with van der Waals surface area (Å²) in [5.74, 6) is 0. The first-order valence-corrected chi connectivity index (χ1v) is 6.11. The standard InChI is InChI=1S/C11H13N3S/c1-4-12-7-8(1)14-10-2-5-13-11-9(10)3-6-15-11/h2-3,5-6,8,12H,1,4,7H2,(H,13,14). The largest absolute Gasteiger partial charge is 0.380 e. The lowest BCUT2D eigenvalue weighted by Gasteiger charge is -2.13. The topological polar surface area (TPSA) is 37.0 Å². The molecule has 0 aromatic carbocycles. The van der Waals surface area contributed by atoms with Crippen molar-refractivity contribution >= 4 is 27.2 Å². The van der Waals surface area contributed by atoms with Gasteiger partial charge in [0.2, 0.25) is 0 Å². The Bertz CT molecular complexity index is 460. The maximum Gasteiger partial charge on any atom is 0.125 e. The van der Waals surface area contributed by atoms with E-state index in [1.807, 2.05) is 6.20 Å². The average molecular weight is 219 g/mol. The molecule has 78 valence electrons. The summed E-state index contributed by atoms with van der Waals surface area (Å²) in [6.45, 7) is 2.18. The lowest BCUT2D eigenvalue weighted by molar-refractivity contribution is 0.794. The van der Waals surface area contributed by atoms with E-state index < -0.39 is 0 Å². The number of nitrogens with zero attached hydrogens (tertiary/aromatic N) is 1. The average Bonchev–Trinajstić information content (AvgIpc) is 2.87. The molecule has 3 heterocycles. The van der Waals surface area contributed by atoms with Crippen LogP contribution in [0.1, 0.15) is 6.42 Å². The van der Waals surface area contributed by atoms with Gasteiger partial charge in [0.25, 0.3) is 0 Å². The highest BCUT2D eigenvalue weighted by molar-refractivity contribution is 7.16. The summed E-state index contributed by atoms with van der Waals surface area (Å²) in [7, 11) is 0. The third kappa shape index (κ3) is 1.70. The number of rotatable bonds is 2. The monoisotopic (exact) mass is 219 g/mol. The van der Waals surface area contributed by atoms with Gasteiger partial charge in [0.05, 0.1) is 0 Å². The van der Waals surface area contributed by atoms with E-state index in [4.69, 9.17) is 0 Å². The summed E-state index contributed by atoms with van der Waals surface area (Å²) in [6, 6.07) is 4.76. The van der Waals surface area contributed by atoms with Crippen LogP contribution in [-0.4, -0.2) is 24.1 Å². The van der Waals surface area contributed by atoms with Crippen molar-refractivity contribution in [3.05, 3.63) is 23.7 Å². The molecule has 2 aromatic heterocycles. The minimum absolute atomic E-state index is 0.565. The molecule has 2 aromatic rings. The fourth-order valence-corrected chi connectivity index (χ4v) is 2.76. The van der Waals surface area contributed by atoms with Gasteiger partial charge < -0.3 is 10.6 Å². The molecular formula is C11H13N3S. The molecule has 0 saturated carbocycles. The van der Waals surface area contributed by atoms with E-state index in [1.165, 1.54) is 17.5 Å². The van der Waals surface area contributed by atoms with Crippen LogP contribution in [0.2, 0.25) is 0 Å². The molecular weight excluding hydrogens is 206 g/mol. The van der Waals surface area contributed by atoms with Crippen molar-refractivity contribution in [2.75, 3.05) is 18.4 Å². The van der Waals surface area contributed by atoms with Gasteiger partial charge >= 0.3 is 0 Å². The lowest BCUT2D eigenvalue weighted by atomic mass is 10.2. The highest BCUT2D eigenvalue weighted by atomic mass is 32.1. The predicted octanol–water partition coefficient (Wildman–Crippen LogP) is 2.07. The molecule has 0 amide bonds. The quantitative estimate of drug-likeness (QED) is 0.812. The SMILES string of the molecule is c1cc(NC2CCNC2)c2ccsc2n1. The fraction of sp³-hybridized carbons (Fsp3) is 0.364. The summed E-state index contributed by atoms with van der Waals surface area (Å²) in [5.41, 5.74) is 1.22. The van der Waals surface area contributed by atoms with Crippen molar-refractivity contribution in [3.8, 4) is 0 Å². The van der Waals surface area contributed by atoms with Crippen molar-refractivity contribution in [2.45, 2.75) is 12.5 Å². The van der Waals surface area contributed by atoms with Crippen LogP contribution >= 0.6 is 11.3 Å². The summed E-state index contributed by atoms with van der Waals surface area (Å²) < 4.78 is 0. The van der Waals surface area contributed by atoms with Crippen LogP contribution in [0, 0.1) is 0 Å². The van der Waals surface area contributed by atoms with Gasteiger partial charge in [-0.05, 0) is 30.5 Å². The molecule has 1 saturated heterocycles. The zero-order valence-electron chi connectivity index (χ0n) is 8.36. The summed E-state index contributed by atoms with van der Waals surface area (Å²) in [6.07, 6.45) is 3.08. The first-order chi connectivity index (χ1) is 7.43. The lowest BCUT2D eigenvalue weighted by Crippen LogP contribution is -2.22. The van der Waals surface area contributed by atoms with E-state index in [0.717, 1.165) is 17.9 Å². The molecule has 3 nitrogen and oxygen atoms in total. The normalized spacial score (nSPS) is 20.9. The highest BCUT2D eigenvalue weighted by Crippen LogP contribution is 2.26. The van der Waals surface area contributed by atoms with Crippen molar-refractivity contribution in [1.82, 2.24) is 10.3 Å². The molecule has 3 rings (SSSR count). The highest BCUT2D eigenvalue weighted by Gasteiger charge is 2.14. The zero-order chi connectivity index (χ0) is 10.1. The summed E-state index contributed by atoms with van der Waals surface area (Å²) >= 11 is 1.69. The molecule has 1 unspecified atom stereocenters. The molecule has 0 bridgehead atoms. The Hall–Kier alpha value is -1.13. The Morgan fingerprint density at radius 2 is 2.47 bits per heavy atom. The number of nitrogens with one attached hydrogen (secondary N) is 2. The van der Waals surface area contributed by atoms with E-state index >= 15 is 0 Å². The van der Waals surface area contributed by atoms with Crippen LogP contribution in [0.15, 0.2) is 23.7 Å². The molecule has 1 atom stereocenters. The van der Waals surface area contributed by atoms with Crippen molar-refractivity contribution < 1.29 is 0 Å². The van der Waals surface area contributed by atoms with Crippen LogP contribution in [0.25, 0.3) is 10.2 Å². The third-order valence-electron chi connectivity index (χ3n) is 2.79. The number of hydrogen-bond donors (Lipinski definition) is 2. The van der Waals surface area contributed by atoms with E-state index in [1.54, 1.807) is 11.3 Å². The molecule has 1 aliphatic rings. The maximum absolute atomic E-state index is 4.34. The van der Waals surface area contributed by atoms with E-state index in [-0.39, 0.29) is 0 Å². The molecule has 15 heavy (non-hydrogen) atoms. The van der Waals surface area contributed by atoms with E-state index in [9.17, 15) is 0 Å². The van der Waals surface area contributed by atoms with Gasteiger partial charge in [-0.3, -0.25) is 0 Å². The number of pyridine rings is 1. The number of fused-ring (bicyclic) bond motifs is 1. The van der Waals surface area contributed by atoms with Crippen molar-refractivity contribution in [2.24, 2.45) is 0 Å². The van der Waals surface area contributed by atoms with Gasteiger partial charge in [0, 0.05) is 29.9 Å². The maximum atomic E-state index is 4.34. The second kappa shape index (κ2) is 3.79. The van der Waals surface area contributed by atoms with Gasteiger partial charge in [0.15, 0.2) is 0 Å². The first kappa shape index (κ1) is 9.12. The van der Waals surface area contributed by atoms with Gasteiger partial charge in [-0.2, -0.15) is 0 Å². The Balaban J connectivity index is 1.92. The predicted molar refractivity (Wildman–Crippen MR) is 64.5 cm³/mol. The van der Waals surface area contributed by atoms with Gasteiger partial charge in [-0.15, -0.1) is 11.3 Å².